The molecule has 3 aromatic rings. The highest BCUT2D eigenvalue weighted by molar-refractivity contribution is 14.1. The van der Waals surface area contributed by atoms with Crippen LogP contribution in [0.25, 0.3) is 16.9 Å². The van der Waals surface area contributed by atoms with Crippen molar-refractivity contribution < 1.29 is 0 Å². The quantitative estimate of drug-likeness (QED) is 0.341. The fourth-order valence-corrected chi connectivity index (χ4v) is 3.23. The van der Waals surface area contributed by atoms with E-state index >= 15 is 0 Å². The van der Waals surface area contributed by atoms with Gasteiger partial charge in [-0.3, -0.25) is 0 Å². The van der Waals surface area contributed by atoms with Crippen LogP contribution in [0.3, 0.4) is 0 Å². The highest BCUT2D eigenvalue weighted by atomic mass is 127. The third-order valence-corrected chi connectivity index (χ3v) is 4.85. The molecule has 0 saturated carbocycles. The fraction of sp³-hybridized carbons (Fsp3) is 0.133. The minimum absolute atomic E-state index is 0.785. The summed E-state index contributed by atoms with van der Waals surface area (Å²) in [6.07, 6.45) is 4.11. The van der Waals surface area contributed by atoms with Crippen molar-refractivity contribution in [3.05, 3.63) is 52.4 Å². The lowest BCUT2D eigenvalue weighted by molar-refractivity contribution is 1.10. The van der Waals surface area contributed by atoms with Crippen molar-refractivity contribution in [2.45, 2.75) is 0 Å². The lowest BCUT2D eigenvalue weighted by Crippen LogP contribution is -2.15. The smallest absolute Gasteiger partial charge is 0.137 e. The molecule has 3 nitrogen and oxygen atoms in total. The molecular formula is C15H13BrIN3. The highest BCUT2D eigenvalue weighted by Gasteiger charge is 2.14. The van der Waals surface area contributed by atoms with E-state index in [4.69, 9.17) is 4.98 Å². The zero-order chi connectivity index (χ0) is 14.1. The summed E-state index contributed by atoms with van der Waals surface area (Å²) in [7, 11) is 2.07. The standard InChI is InChI=1S/C15H13BrIN3/c1-19(10-16)13-6-4-5-11(17)15(13)12-9-20-8-3-2-7-14(20)18-12/h2-9H,10H2,1H3. The molecule has 102 valence electrons. The number of alkyl halides is 1. The van der Waals surface area contributed by atoms with Gasteiger partial charge in [0.1, 0.15) is 5.65 Å². The van der Waals surface area contributed by atoms with Gasteiger partial charge >= 0.3 is 0 Å². The zero-order valence-electron chi connectivity index (χ0n) is 10.9. The lowest BCUT2D eigenvalue weighted by Gasteiger charge is -2.20. The number of imidazole rings is 1. The predicted octanol–water partition coefficient (Wildman–Crippen LogP) is 4.39. The summed E-state index contributed by atoms with van der Waals surface area (Å²) >= 11 is 5.89. The molecule has 3 rings (SSSR count). The molecule has 5 heteroatoms. The van der Waals surface area contributed by atoms with E-state index in [2.05, 4.69) is 79.3 Å². The highest BCUT2D eigenvalue weighted by Crippen LogP contribution is 2.34. The van der Waals surface area contributed by atoms with Gasteiger partial charge in [0, 0.05) is 34.3 Å². The van der Waals surface area contributed by atoms with Crippen LogP contribution in [0, 0.1) is 3.57 Å². The van der Waals surface area contributed by atoms with Gasteiger partial charge in [-0.2, -0.15) is 0 Å². The minimum atomic E-state index is 0.785. The summed E-state index contributed by atoms with van der Waals surface area (Å²) in [5, 5.41) is 0. The van der Waals surface area contributed by atoms with Crippen molar-refractivity contribution in [2.75, 3.05) is 17.4 Å². The molecule has 0 atom stereocenters. The van der Waals surface area contributed by atoms with Gasteiger partial charge in [0.25, 0.3) is 0 Å². The van der Waals surface area contributed by atoms with E-state index in [-0.39, 0.29) is 0 Å². The van der Waals surface area contributed by atoms with Crippen LogP contribution in [0.4, 0.5) is 5.69 Å². The van der Waals surface area contributed by atoms with Gasteiger partial charge in [-0.1, -0.05) is 28.1 Å². The predicted molar refractivity (Wildman–Crippen MR) is 95.5 cm³/mol. The Hall–Kier alpha value is -1.08. The SMILES string of the molecule is CN(CBr)c1cccc(I)c1-c1cn2ccccc2n1. The fourth-order valence-electron chi connectivity index (χ4n) is 2.20. The zero-order valence-corrected chi connectivity index (χ0v) is 14.7. The molecule has 1 aromatic carbocycles. The van der Waals surface area contributed by atoms with Crippen LogP contribution in [0.2, 0.25) is 0 Å². The van der Waals surface area contributed by atoms with Crippen LogP contribution in [0.1, 0.15) is 0 Å². The normalized spacial score (nSPS) is 10.9. The summed E-state index contributed by atoms with van der Waals surface area (Å²) in [6, 6.07) is 12.4. The van der Waals surface area contributed by atoms with Crippen LogP contribution >= 0.6 is 38.5 Å². The van der Waals surface area contributed by atoms with E-state index in [1.54, 1.807) is 0 Å². The topological polar surface area (TPSA) is 20.5 Å². The summed E-state index contributed by atoms with van der Waals surface area (Å²) in [6.45, 7) is 0. The molecule has 0 amide bonds. The maximum Gasteiger partial charge on any atom is 0.137 e. The van der Waals surface area contributed by atoms with Crippen LogP contribution < -0.4 is 4.90 Å². The number of hydrogen-bond acceptors (Lipinski definition) is 2. The number of anilines is 1. The van der Waals surface area contributed by atoms with Gasteiger partial charge in [0.15, 0.2) is 0 Å². The van der Waals surface area contributed by atoms with Gasteiger partial charge in [0.2, 0.25) is 0 Å². The third kappa shape index (κ3) is 2.44. The second kappa shape index (κ2) is 5.73. The maximum absolute atomic E-state index is 4.74. The molecule has 0 bridgehead atoms. The van der Waals surface area contributed by atoms with Gasteiger partial charge < -0.3 is 9.30 Å². The van der Waals surface area contributed by atoms with E-state index in [1.165, 1.54) is 14.8 Å². The van der Waals surface area contributed by atoms with Crippen LogP contribution in [-0.2, 0) is 0 Å². The second-order valence-corrected chi connectivity index (χ2v) is 6.21. The van der Waals surface area contributed by atoms with E-state index in [0.29, 0.717) is 0 Å². The number of pyridine rings is 1. The van der Waals surface area contributed by atoms with Gasteiger partial charge in [-0.15, -0.1) is 0 Å². The maximum atomic E-state index is 4.74. The molecule has 0 aliphatic heterocycles. The number of rotatable bonds is 3. The molecule has 0 unspecified atom stereocenters. The minimum Gasteiger partial charge on any atom is -0.364 e. The Kier molecular flexibility index (Phi) is 3.98. The molecule has 0 N–H and O–H groups in total. The van der Waals surface area contributed by atoms with Gasteiger partial charge in [-0.25, -0.2) is 4.98 Å². The molecule has 0 aliphatic carbocycles. The van der Waals surface area contributed by atoms with E-state index < -0.39 is 0 Å². The van der Waals surface area contributed by atoms with Crippen molar-refractivity contribution in [3.8, 4) is 11.3 Å². The number of hydrogen-bond donors (Lipinski definition) is 0. The van der Waals surface area contributed by atoms with Crippen LogP contribution in [-0.4, -0.2) is 21.9 Å². The Morgan fingerprint density at radius 1 is 1.25 bits per heavy atom. The molecule has 0 spiro atoms. The molecule has 2 aromatic heterocycles. The summed E-state index contributed by atoms with van der Waals surface area (Å²) in [5.41, 5.74) is 5.11. The number of nitrogens with zero attached hydrogens (tertiary/aromatic N) is 3. The van der Waals surface area contributed by atoms with E-state index in [1.807, 2.05) is 24.4 Å². The third-order valence-electron chi connectivity index (χ3n) is 3.20. The molecule has 20 heavy (non-hydrogen) atoms. The number of fused-ring (bicyclic) bond motifs is 1. The Morgan fingerprint density at radius 3 is 2.85 bits per heavy atom. The summed E-state index contributed by atoms with van der Waals surface area (Å²) in [4.78, 5) is 6.91. The lowest BCUT2D eigenvalue weighted by atomic mass is 10.1. The largest absolute Gasteiger partial charge is 0.364 e. The van der Waals surface area contributed by atoms with Crippen molar-refractivity contribution in [1.82, 2.24) is 9.38 Å². The molecule has 2 heterocycles. The first-order chi connectivity index (χ1) is 9.70. The Morgan fingerprint density at radius 2 is 2.10 bits per heavy atom. The summed E-state index contributed by atoms with van der Waals surface area (Å²) < 4.78 is 3.26. The van der Waals surface area contributed by atoms with Gasteiger partial charge in [-0.05, 0) is 46.9 Å². The second-order valence-electron chi connectivity index (χ2n) is 4.54. The first-order valence-corrected chi connectivity index (χ1v) is 8.40. The van der Waals surface area contributed by atoms with Crippen molar-refractivity contribution in [1.29, 1.82) is 0 Å². The van der Waals surface area contributed by atoms with E-state index in [0.717, 1.165) is 16.8 Å². The number of benzene rings is 1. The first-order valence-electron chi connectivity index (χ1n) is 6.20. The van der Waals surface area contributed by atoms with Crippen molar-refractivity contribution in [2.24, 2.45) is 0 Å². The Bertz CT molecular complexity index is 721. The monoisotopic (exact) mass is 441 g/mol. The van der Waals surface area contributed by atoms with E-state index in [9.17, 15) is 0 Å². The number of aromatic nitrogens is 2. The molecular weight excluding hydrogens is 429 g/mol. The average Bonchev–Trinajstić information content (AvgIpc) is 2.89. The first kappa shape index (κ1) is 13.9. The molecule has 0 fully saturated rings. The van der Waals surface area contributed by atoms with Crippen LogP contribution in [0.15, 0.2) is 48.8 Å². The summed E-state index contributed by atoms with van der Waals surface area (Å²) in [5.74, 6) is 0. The van der Waals surface area contributed by atoms with Gasteiger partial charge in [0.05, 0.1) is 11.1 Å². The molecule has 0 saturated heterocycles. The van der Waals surface area contributed by atoms with Crippen molar-refractivity contribution in [3.63, 3.8) is 0 Å². The number of halogens is 2. The molecule has 0 aliphatic rings. The Labute approximate surface area is 139 Å². The van der Waals surface area contributed by atoms with Crippen molar-refractivity contribution >= 4 is 49.9 Å². The van der Waals surface area contributed by atoms with Crippen LogP contribution in [0.5, 0.6) is 0 Å². The molecule has 0 radical (unpaired) electrons. The Balaban J connectivity index is 2.22. The average molecular weight is 442 g/mol.